The highest BCUT2D eigenvalue weighted by Crippen LogP contribution is 2.45. The smallest absolute Gasteiger partial charge is 0.417 e. The number of rotatable bonds is 4. The second-order valence-electron chi connectivity index (χ2n) is 6.91. The summed E-state index contributed by atoms with van der Waals surface area (Å²) in [6, 6.07) is 6.06. The van der Waals surface area contributed by atoms with Gasteiger partial charge in [-0.3, -0.25) is 9.78 Å². The molecule has 1 aliphatic rings. The van der Waals surface area contributed by atoms with Crippen molar-refractivity contribution in [2.24, 2.45) is 0 Å². The summed E-state index contributed by atoms with van der Waals surface area (Å²) in [6.07, 6.45) is -3.30. The quantitative estimate of drug-likeness (QED) is 0.810. The normalized spacial score (nSPS) is 16.9. The summed E-state index contributed by atoms with van der Waals surface area (Å²) in [5.74, 6) is -1.61. The van der Waals surface area contributed by atoms with Crippen LogP contribution in [0.15, 0.2) is 41.4 Å². The van der Waals surface area contributed by atoms with Crippen LogP contribution in [0.3, 0.4) is 0 Å². The van der Waals surface area contributed by atoms with Crippen molar-refractivity contribution in [3.8, 4) is 11.1 Å². The topological polar surface area (TPSA) is 84.3 Å². The maximum absolute atomic E-state index is 13.7. The third-order valence-corrected chi connectivity index (χ3v) is 7.68. The molecule has 0 bridgehead atoms. The van der Waals surface area contributed by atoms with Crippen molar-refractivity contribution in [3.05, 3.63) is 47.8 Å². The average molecular weight is 413 g/mol. The van der Waals surface area contributed by atoms with Crippen molar-refractivity contribution in [1.82, 2.24) is 4.98 Å². The Morgan fingerprint density at radius 1 is 1.11 bits per heavy atom. The van der Waals surface area contributed by atoms with E-state index in [1.165, 1.54) is 12.3 Å². The molecule has 5 nitrogen and oxygen atoms in total. The average Bonchev–Trinajstić information content (AvgIpc) is 3.13. The fraction of sp³-hybridized carbons (Fsp3) is 0.368. The van der Waals surface area contributed by atoms with Crippen molar-refractivity contribution in [2.45, 2.75) is 48.4 Å². The van der Waals surface area contributed by atoms with Gasteiger partial charge in [0.05, 0.1) is 10.5 Å². The van der Waals surface area contributed by atoms with Gasteiger partial charge in [-0.05, 0) is 43.5 Å². The Hall–Kier alpha value is -2.42. The van der Waals surface area contributed by atoms with E-state index < -0.39 is 37.2 Å². The third kappa shape index (κ3) is 3.28. The highest BCUT2D eigenvalue weighted by atomic mass is 32.2. The van der Waals surface area contributed by atoms with E-state index in [0.29, 0.717) is 24.1 Å². The van der Waals surface area contributed by atoms with Gasteiger partial charge in [0.2, 0.25) is 0 Å². The molecule has 1 aromatic heterocycles. The van der Waals surface area contributed by atoms with E-state index in [4.69, 9.17) is 0 Å². The number of hydrogen-bond acceptors (Lipinski definition) is 4. The Labute approximate surface area is 160 Å². The fourth-order valence-electron chi connectivity index (χ4n) is 3.56. The number of aryl methyl sites for hydroxylation is 1. The van der Waals surface area contributed by atoms with Gasteiger partial charge >= 0.3 is 12.1 Å². The van der Waals surface area contributed by atoms with Crippen LogP contribution in [-0.2, 0) is 20.8 Å². The van der Waals surface area contributed by atoms with Gasteiger partial charge in [0, 0.05) is 17.5 Å². The van der Waals surface area contributed by atoms with E-state index >= 15 is 0 Å². The lowest BCUT2D eigenvalue weighted by molar-refractivity contribution is -0.141. The van der Waals surface area contributed by atoms with E-state index in [2.05, 4.69) is 4.98 Å². The highest BCUT2D eigenvalue weighted by molar-refractivity contribution is 7.93. The van der Waals surface area contributed by atoms with E-state index in [1.54, 1.807) is 19.1 Å². The molecule has 1 N–H and O–H groups in total. The maximum Gasteiger partial charge on any atom is 0.417 e. The van der Waals surface area contributed by atoms with Crippen LogP contribution in [0.1, 0.15) is 36.9 Å². The molecule has 0 atom stereocenters. The van der Waals surface area contributed by atoms with Crippen molar-refractivity contribution in [2.75, 3.05) is 0 Å². The molecule has 0 saturated heterocycles. The van der Waals surface area contributed by atoms with Crippen LogP contribution in [-0.4, -0.2) is 29.2 Å². The minimum absolute atomic E-state index is 0.148. The van der Waals surface area contributed by atoms with Crippen LogP contribution in [0.25, 0.3) is 11.1 Å². The molecule has 0 amide bonds. The summed E-state index contributed by atoms with van der Waals surface area (Å²) < 4.78 is 65.1. The molecule has 0 aliphatic heterocycles. The SMILES string of the molecule is Cc1ccc(-c2ccc(S(=O)(=O)C3(C(=O)O)CCCC3)c(C(F)(F)F)c2)cn1. The molecule has 3 rings (SSSR count). The highest BCUT2D eigenvalue weighted by Gasteiger charge is 2.55. The van der Waals surface area contributed by atoms with Crippen molar-refractivity contribution < 1.29 is 31.5 Å². The second-order valence-corrected chi connectivity index (χ2v) is 9.14. The molecule has 1 heterocycles. The van der Waals surface area contributed by atoms with Crippen LogP contribution in [0, 0.1) is 6.92 Å². The molecule has 1 aromatic carbocycles. The first-order valence-electron chi connectivity index (χ1n) is 8.61. The molecular weight excluding hydrogens is 395 g/mol. The molecule has 0 spiro atoms. The molecule has 1 saturated carbocycles. The molecular formula is C19H18F3NO4S. The molecule has 1 fully saturated rings. The van der Waals surface area contributed by atoms with E-state index in [1.807, 2.05) is 0 Å². The van der Waals surface area contributed by atoms with Gasteiger partial charge in [-0.2, -0.15) is 13.2 Å². The minimum Gasteiger partial charge on any atom is -0.480 e. The number of benzene rings is 1. The van der Waals surface area contributed by atoms with Crippen LogP contribution >= 0.6 is 0 Å². The van der Waals surface area contributed by atoms with E-state index in [-0.39, 0.29) is 18.4 Å². The van der Waals surface area contributed by atoms with Crippen LogP contribution in [0.5, 0.6) is 0 Å². The summed E-state index contributed by atoms with van der Waals surface area (Å²) in [4.78, 5) is 14.8. The molecule has 2 aromatic rings. The number of sulfone groups is 1. The fourth-order valence-corrected chi connectivity index (χ4v) is 5.75. The van der Waals surface area contributed by atoms with E-state index in [0.717, 1.165) is 12.1 Å². The number of carboxylic acids is 1. The molecule has 1 aliphatic carbocycles. The Bertz CT molecular complexity index is 1010. The van der Waals surface area contributed by atoms with Gasteiger partial charge in [-0.15, -0.1) is 0 Å². The monoisotopic (exact) mass is 413 g/mol. The lowest BCUT2D eigenvalue weighted by atomic mass is 10.0. The number of halogens is 3. The zero-order valence-corrected chi connectivity index (χ0v) is 15.8. The Morgan fingerprint density at radius 2 is 1.71 bits per heavy atom. The van der Waals surface area contributed by atoms with Crippen molar-refractivity contribution >= 4 is 15.8 Å². The number of hydrogen-bond donors (Lipinski definition) is 1. The van der Waals surface area contributed by atoms with Crippen LogP contribution in [0.2, 0.25) is 0 Å². The summed E-state index contributed by atoms with van der Waals surface area (Å²) in [5.41, 5.74) is -0.134. The Kier molecular flexibility index (Phi) is 4.99. The van der Waals surface area contributed by atoms with Crippen LogP contribution < -0.4 is 0 Å². The van der Waals surface area contributed by atoms with E-state index in [9.17, 15) is 31.5 Å². The number of aromatic nitrogens is 1. The summed E-state index contributed by atoms with van der Waals surface area (Å²) >= 11 is 0. The van der Waals surface area contributed by atoms with Crippen molar-refractivity contribution in [1.29, 1.82) is 0 Å². The summed E-state index contributed by atoms with van der Waals surface area (Å²) in [5, 5.41) is 9.54. The first kappa shape index (κ1) is 20.3. The zero-order valence-electron chi connectivity index (χ0n) is 15.0. The molecule has 28 heavy (non-hydrogen) atoms. The zero-order chi connectivity index (χ0) is 20.7. The predicted octanol–water partition coefficient (Wildman–Crippen LogP) is 4.25. The van der Waals surface area contributed by atoms with Gasteiger partial charge < -0.3 is 5.11 Å². The Balaban J connectivity index is 2.21. The second kappa shape index (κ2) is 6.88. The maximum atomic E-state index is 13.7. The number of pyridine rings is 1. The molecule has 150 valence electrons. The first-order chi connectivity index (χ1) is 13.0. The van der Waals surface area contributed by atoms with Gasteiger partial charge in [-0.1, -0.05) is 25.0 Å². The minimum atomic E-state index is -4.96. The number of alkyl halides is 3. The summed E-state index contributed by atoms with van der Waals surface area (Å²) in [7, 11) is -4.75. The number of carboxylic acid groups (broad SMARTS) is 1. The van der Waals surface area contributed by atoms with Gasteiger partial charge in [0.1, 0.15) is 0 Å². The Morgan fingerprint density at radius 3 is 2.21 bits per heavy atom. The molecule has 0 unspecified atom stereocenters. The summed E-state index contributed by atoms with van der Waals surface area (Å²) in [6.45, 7) is 1.73. The van der Waals surface area contributed by atoms with Gasteiger partial charge in [0.15, 0.2) is 14.6 Å². The first-order valence-corrected chi connectivity index (χ1v) is 10.1. The lowest BCUT2D eigenvalue weighted by Crippen LogP contribution is -2.44. The predicted molar refractivity (Wildman–Crippen MR) is 95.4 cm³/mol. The number of aliphatic carboxylic acids is 1. The van der Waals surface area contributed by atoms with Gasteiger partial charge in [-0.25, -0.2) is 8.42 Å². The molecule has 9 heteroatoms. The lowest BCUT2D eigenvalue weighted by Gasteiger charge is -2.26. The van der Waals surface area contributed by atoms with Crippen molar-refractivity contribution in [3.63, 3.8) is 0 Å². The third-order valence-electron chi connectivity index (χ3n) is 5.13. The number of nitrogens with zero attached hydrogens (tertiary/aromatic N) is 1. The van der Waals surface area contributed by atoms with Crippen LogP contribution in [0.4, 0.5) is 13.2 Å². The molecule has 0 radical (unpaired) electrons. The standard InChI is InChI=1S/C19H18F3NO4S/c1-12-4-5-14(11-23-12)13-6-7-16(15(10-13)19(20,21)22)28(26,27)18(17(24)25)8-2-3-9-18/h4-7,10-11H,2-3,8-9H2,1H3,(H,24,25). The van der Waals surface area contributed by atoms with Gasteiger partial charge in [0.25, 0.3) is 0 Å². The number of carbonyl (C=O) groups is 1. The largest absolute Gasteiger partial charge is 0.480 e.